The van der Waals surface area contributed by atoms with Gasteiger partial charge in [-0.05, 0) is 61.2 Å². The molecule has 6 nitrogen and oxygen atoms in total. The summed E-state index contributed by atoms with van der Waals surface area (Å²) in [6.45, 7) is 2.89. The van der Waals surface area contributed by atoms with Crippen LogP contribution in [0.25, 0.3) is 28.2 Å². The predicted octanol–water partition coefficient (Wildman–Crippen LogP) is 4.01. The van der Waals surface area contributed by atoms with Crippen LogP contribution in [-0.2, 0) is 0 Å². The van der Waals surface area contributed by atoms with E-state index in [1.165, 1.54) is 12.1 Å². The van der Waals surface area contributed by atoms with E-state index in [1.807, 2.05) is 28.8 Å². The van der Waals surface area contributed by atoms with Gasteiger partial charge in [-0.2, -0.15) is 0 Å². The molecular formula is C24H21FN6. The molecular weight excluding hydrogens is 391 g/mol. The van der Waals surface area contributed by atoms with Crippen molar-refractivity contribution < 1.29 is 4.39 Å². The van der Waals surface area contributed by atoms with Crippen molar-refractivity contribution in [2.45, 2.75) is 12.5 Å². The van der Waals surface area contributed by atoms with E-state index in [0.717, 1.165) is 60.0 Å². The highest BCUT2D eigenvalue weighted by Gasteiger charge is 2.28. The van der Waals surface area contributed by atoms with Crippen LogP contribution >= 0.6 is 0 Å². The molecule has 7 heteroatoms. The minimum absolute atomic E-state index is 0.265. The Labute approximate surface area is 179 Å². The molecule has 5 heterocycles. The summed E-state index contributed by atoms with van der Waals surface area (Å²) in [5, 5.41) is 5.00. The van der Waals surface area contributed by atoms with Gasteiger partial charge in [-0.15, -0.1) is 5.10 Å². The zero-order valence-corrected chi connectivity index (χ0v) is 16.9. The van der Waals surface area contributed by atoms with E-state index in [9.17, 15) is 4.39 Å². The number of hydrogen-bond donors (Lipinski definition) is 0. The van der Waals surface area contributed by atoms with Gasteiger partial charge >= 0.3 is 0 Å². The summed E-state index contributed by atoms with van der Waals surface area (Å²) in [5.41, 5.74) is 4.24. The zero-order chi connectivity index (χ0) is 20.8. The molecule has 1 saturated heterocycles. The number of anilines is 1. The second kappa shape index (κ2) is 7.19. The molecule has 0 amide bonds. The fraction of sp³-hybridized carbons (Fsp3) is 0.208. The second-order valence-corrected chi connectivity index (χ2v) is 7.97. The SMILES string of the molecule is Fc1ccc(-c2nc3ccc(N4CCN5C=CCC5C4)nn3c2-c2ccncc2)cc1. The van der Waals surface area contributed by atoms with E-state index in [-0.39, 0.29) is 5.82 Å². The maximum atomic E-state index is 13.5. The maximum absolute atomic E-state index is 13.5. The van der Waals surface area contributed by atoms with Crippen molar-refractivity contribution in [3.05, 3.63) is 79.0 Å². The zero-order valence-electron chi connectivity index (χ0n) is 16.9. The van der Waals surface area contributed by atoms with Crippen LogP contribution in [0.5, 0.6) is 0 Å². The fourth-order valence-electron chi connectivity index (χ4n) is 4.51. The molecule has 6 rings (SSSR count). The van der Waals surface area contributed by atoms with Crippen LogP contribution in [0.1, 0.15) is 6.42 Å². The summed E-state index contributed by atoms with van der Waals surface area (Å²) in [4.78, 5) is 13.8. The van der Waals surface area contributed by atoms with Crippen LogP contribution in [-0.4, -0.2) is 50.2 Å². The Morgan fingerprint density at radius 3 is 2.58 bits per heavy atom. The Balaban J connectivity index is 1.48. The van der Waals surface area contributed by atoms with E-state index in [4.69, 9.17) is 10.1 Å². The van der Waals surface area contributed by atoms with E-state index in [0.29, 0.717) is 6.04 Å². The van der Waals surface area contributed by atoms with Crippen LogP contribution in [0.2, 0.25) is 0 Å². The minimum atomic E-state index is -0.265. The molecule has 1 unspecified atom stereocenters. The Bertz CT molecular complexity index is 1260. The van der Waals surface area contributed by atoms with Crippen LogP contribution in [0.4, 0.5) is 10.2 Å². The van der Waals surface area contributed by atoms with Crippen molar-refractivity contribution in [1.82, 2.24) is 24.5 Å². The van der Waals surface area contributed by atoms with Gasteiger partial charge in [-0.1, -0.05) is 6.08 Å². The number of benzene rings is 1. The van der Waals surface area contributed by atoms with E-state index >= 15 is 0 Å². The lowest BCUT2D eigenvalue weighted by atomic mass is 10.1. The van der Waals surface area contributed by atoms with Crippen molar-refractivity contribution in [2.75, 3.05) is 24.5 Å². The number of nitrogens with zero attached hydrogens (tertiary/aromatic N) is 6. The van der Waals surface area contributed by atoms with Crippen LogP contribution in [0.3, 0.4) is 0 Å². The third kappa shape index (κ3) is 3.13. The van der Waals surface area contributed by atoms with Gasteiger partial charge < -0.3 is 9.80 Å². The van der Waals surface area contributed by atoms with Gasteiger partial charge in [0.05, 0.1) is 5.69 Å². The number of halogens is 1. The maximum Gasteiger partial charge on any atom is 0.155 e. The van der Waals surface area contributed by atoms with Gasteiger partial charge in [-0.3, -0.25) is 4.98 Å². The third-order valence-electron chi connectivity index (χ3n) is 6.09. The number of hydrogen-bond acceptors (Lipinski definition) is 5. The molecule has 4 aromatic rings. The van der Waals surface area contributed by atoms with Gasteiger partial charge in [-0.25, -0.2) is 13.9 Å². The van der Waals surface area contributed by atoms with Gasteiger partial charge in [0, 0.05) is 49.2 Å². The first-order valence-corrected chi connectivity index (χ1v) is 10.5. The normalized spacial score (nSPS) is 18.0. The molecule has 1 fully saturated rings. The predicted molar refractivity (Wildman–Crippen MR) is 118 cm³/mol. The Morgan fingerprint density at radius 2 is 1.74 bits per heavy atom. The molecule has 3 aromatic heterocycles. The number of pyridine rings is 1. The minimum Gasteiger partial charge on any atom is -0.371 e. The van der Waals surface area contributed by atoms with Gasteiger partial charge in [0.25, 0.3) is 0 Å². The van der Waals surface area contributed by atoms with E-state index in [2.05, 4.69) is 27.1 Å². The Hall–Kier alpha value is -3.74. The molecule has 154 valence electrons. The Morgan fingerprint density at radius 1 is 0.903 bits per heavy atom. The highest BCUT2D eigenvalue weighted by atomic mass is 19.1. The lowest BCUT2D eigenvalue weighted by Crippen LogP contribution is -2.49. The number of piperazine rings is 1. The largest absolute Gasteiger partial charge is 0.371 e. The summed E-state index contributed by atoms with van der Waals surface area (Å²) < 4.78 is 15.4. The average Bonchev–Trinajstić information content (AvgIpc) is 3.43. The molecule has 0 bridgehead atoms. The monoisotopic (exact) mass is 412 g/mol. The van der Waals surface area contributed by atoms with Gasteiger partial charge in [0.1, 0.15) is 17.3 Å². The summed E-state index contributed by atoms with van der Waals surface area (Å²) in [7, 11) is 0. The molecule has 1 aromatic carbocycles. The van der Waals surface area contributed by atoms with Crippen molar-refractivity contribution in [1.29, 1.82) is 0 Å². The topological polar surface area (TPSA) is 49.6 Å². The van der Waals surface area contributed by atoms with Crippen molar-refractivity contribution in [2.24, 2.45) is 0 Å². The lowest BCUT2D eigenvalue weighted by Gasteiger charge is -2.38. The summed E-state index contributed by atoms with van der Waals surface area (Å²) >= 11 is 0. The van der Waals surface area contributed by atoms with Gasteiger partial charge in [0.15, 0.2) is 5.65 Å². The van der Waals surface area contributed by atoms with Crippen molar-refractivity contribution in [3.63, 3.8) is 0 Å². The average molecular weight is 412 g/mol. The van der Waals surface area contributed by atoms with Crippen molar-refractivity contribution in [3.8, 4) is 22.5 Å². The molecule has 31 heavy (non-hydrogen) atoms. The van der Waals surface area contributed by atoms with E-state index in [1.54, 1.807) is 24.5 Å². The number of imidazole rings is 1. The molecule has 0 saturated carbocycles. The fourth-order valence-corrected chi connectivity index (χ4v) is 4.51. The summed E-state index contributed by atoms with van der Waals surface area (Å²) in [6.07, 6.45) is 9.07. The highest BCUT2D eigenvalue weighted by Crippen LogP contribution is 2.33. The molecule has 0 aliphatic carbocycles. The quantitative estimate of drug-likeness (QED) is 0.509. The van der Waals surface area contributed by atoms with E-state index < -0.39 is 0 Å². The van der Waals surface area contributed by atoms with Gasteiger partial charge in [0.2, 0.25) is 0 Å². The number of aromatic nitrogens is 4. The van der Waals surface area contributed by atoms with Crippen molar-refractivity contribution >= 4 is 11.5 Å². The summed E-state index contributed by atoms with van der Waals surface area (Å²) in [6, 6.07) is 14.9. The molecule has 0 spiro atoms. The van der Waals surface area contributed by atoms with Crippen LogP contribution in [0.15, 0.2) is 73.2 Å². The molecule has 2 aliphatic heterocycles. The third-order valence-corrected chi connectivity index (χ3v) is 6.09. The standard InChI is InChI=1S/C24H21FN6/c25-19-5-3-17(4-6-19)23-24(18-9-11-26-12-10-18)31-21(27-23)7-8-22(28-31)30-15-14-29-13-1-2-20(29)16-30/h1,3-13,20H,2,14-16H2. The first-order chi connectivity index (χ1) is 15.3. The molecule has 0 radical (unpaired) electrons. The number of rotatable bonds is 3. The second-order valence-electron chi connectivity index (χ2n) is 7.97. The number of fused-ring (bicyclic) bond motifs is 2. The highest BCUT2D eigenvalue weighted by molar-refractivity contribution is 5.81. The Kier molecular flexibility index (Phi) is 4.19. The summed E-state index contributed by atoms with van der Waals surface area (Å²) in [5.74, 6) is 0.677. The lowest BCUT2D eigenvalue weighted by molar-refractivity contribution is 0.270. The molecule has 0 N–H and O–H groups in total. The smallest absolute Gasteiger partial charge is 0.155 e. The van der Waals surface area contributed by atoms with Crippen LogP contribution < -0.4 is 4.90 Å². The molecule has 2 aliphatic rings. The first kappa shape index (κ1) is 18.1. The first-order valence-electron chi connectivity index (χ1n) is 10.5. The molecule has 1 atom stereocenters. The van der Waals surface area contributed by atoms with Crippen LogP contribution in [0, 0.1) is 5.82 Å².